The van der Waals surface area contributed by atoms with Gasteiger partial charge in [-0.15, -0.1) is 0 Å². The molecule has 1 aromatic carbocycles. The van der Waals surface area contributed by atoms with E-state index in [9.17, 15) is 0 Å². The van der Waals surface area contributed by atoms with Crippen LogP contribution in [0.4, 0.5) is 5.69 Å². The van der Waals surface area contributed by atoms with Crippen molar-refractivity contribution in [3.05, 3.63) is 29.8 Å². The lowest BCUT2D eigenvalue weighted by Crippen LogP contribution is -2.47. The molecule has 0 aliphatic heterocycles. The number of likely N-dealkylation sites (N-methyl/N-ethyl adjacent to an activating group) is 1. The van der Waals surface area contributed by atoms with E-state index in [0.29, 0.717) is 18.0 Å². The van der Waals surface area contributed by atoms with Crippen LogP contribution in [0.2, 0.25) is 0 Å². The molecular formula is C17H30N2. The van der Waals surface area contributed by atoms with Gasteiger partial charge in [-0.3, -0.25) is 0 Å². The first-order valence-electron chi connectivity index (χ1n) is 7.52. The first-order valence-corrected chi connectivity index (χ1v) is 7.52. The van der Waals surface area contributed by atoms with Crippen molar-refractivity contribution in [1.82, 2.24) is 5.32 Å². The Morgan fingerprint density at radius 1 is 1.16 bits per heavy atom. The zero-order chi connectivity index (χ0) is 14.4. The fraction of sp³-hybridized carbons (Fsp3) is 0.647. The third-order valence-corrected chi connectivity index (χ3v) is 3.58. The van der Waals surface area contributed by atoms with Crippen molar-refractivity contribution < 1.29 is 0 Å². The van der Waals surface area contributed by atoms with Crippen LogP contribution in [-0.2, 0) is 0 Å². The molecule has 0 spiro atoms. The third kappa shape index (κ3) is 4.87. The molecule has 1 rings (SSSR count). The van der Waals surface area contributed by atoms with Crippen molar-refractivity contribution in [3.63, 3.8) is 0 Å². The van der Waals surface area contributed by atoms with Crippen molar-refractivity contribution in [2.75, 3.05) is 18.0 Å². The molecule has 1 N–H and O–H groups in total. The van der Waals surface area contributed by atoms with Crippen LogP contribution in [0.15, 0.2) is 24.3 Å². The van der Waals surface area contributed by atoms with Gasteiger partial charge in [-0.2, -0.15) is 0 Å². The van der Waals surface area contributed by atoms with E-state index in [0.717, 1.165) is 13.1 Å². The highest BCUT2D eigenvalue weighted by Gasteiger charge is 2.21. The van der Waals surface area contributed by atoms with Crippen LogP contribution in [0.5, 0.6) is 0 Å². The van der Waals surface area contributed by atoms with Crippen LogP contribution in [0.3, 0.4) is 0 Å². The normalized spacial score (nSPS) is 13.1. The van der Waals surface area contributed by atoms with Crippen molar-refractivity contribution >= 4 is 5.69 Å². The Morgan fingerprint density at radius 2 is 1.84 bits per heavy atom. The van der Waals surface area contributed by atoms with Gasteiger partial charge in [-0.05, 0) is 37.5 Å². The van der Waals surface area contributed by atoms with E-state index < -0.39 is 0 Å². The molecule has 0 radical (unpaired) electrons. The largest absolute Gasteiger partial charge is 0.367 e. The predicted molar refractivity (Wildman–Crippen MR) is 86.0 cm³/mol. The second kappa shape index (κ2) is 7.54. The van der Waals surface area contributed by atoms with E-state index >= 15 is 0 Å². The number of benzene rings is 1. The monoisotopic (exact) mass is 262 g/mol. The molecule has 0 fully saturated rings. The first kappa shape index (κ1) is 16.0. The summed E-state index contributed by atoms with van der Waals surface area (Å²) in [7, 11) is 0. The quantitative estimate of drug-likeness (QED) is 0.803. The predicted octanol–water partition coefficient (Wildman–Crippen LogP) is 3.84. The van der Waals surface area contributed by atoms with Crippen molar-refractivity contribution in [2.45, 2.75) is 53.6 Å². The van der Waals surface area contributed by atoms with Gasteiger partial charge in [-0.25, -0.2) is 0 Å². The van der Waals surface area contributed by atoms with Gasteiger partial charge in [0.2, 0.25) is 0 Å². The second-order valence-electron chi connectivity index (χ2n) is 6.00. The summed E-state index contributed by atoms with van der Waals surface area (Å²) in [6.07, 6.45) is 0. The van der Waals surface area contributed by atoms with Crippen LogP contribution in [-0.4, -0.2) is 25.2 Å². The molecule has 2 heteroatoms. The van der Waals surface area contributed by atoms with E-state index in [1.54, 1.807) is 0 Å². The van der Waals surface area contributed by atoms with E-state index in [1.165, 1.54) is 11.3 Å². The number of rotatable bonds is 7. The molecular weight excluding hydrogens is 232 g/mol. The average Bonchev–Trinajstić information content (AvgIpc) is 2.33. The van der Waals surface area contributed by atoms with Gasteiger partial charge in [0, 0.05) is 30.9 Å². The Bertz CT molecular complexity index is 371. The highest BCUT2D eigenvalue weighted by Crippen LogP contribution is 2.21. The molecule has 0 aliphatic carbocycles. The van der Waals surface area contributed by atoms with E-state index in [-0.39, 0.29) is 0 Å². The lowest BCUT2D eigenvalue weighted by atomic mass is 10.0. The maximum atomic E-state index is 3.58. The fourth-order valence-electron chi connectivity index (χ4n) is 2.48. The highest BCUT2D eigenvalue weighted by atomic mass is 15.2. The minimum Gasteiger partial charge on any atom is -0.367 e. The van der Waals surface area contributed by atoms with Crippen LogP contribution < -0.4 is 10.2 Å². The second-order valence-corrected chi connectivity index (χ2v) is 6.00. The molecule has 0 amide bonds. The zero-order valence-corrected chi connectivity index (χ0v) is 13.4. The summed E-state index contributed by atoms with van der Waals surface area (Å²) < 4.78 is 0. The van der Waals surface area contributed by atoms with E-state index in [2.05, 4.69) is 76.0 Å². The standard InChI is InChI=1S/C17H30N2/c1-7-19(16-10-8-9-15(6)11-16)17(13(2)3)12-18-14(4)5/h8-11,13-14,17-18H,7,12H2,1-6H3. The molecule has 1 aromatic rings. The maximum absolute atomic E-state index is 3.58. The Hall–Kier alpha value is -1.02. The smallest absolute Gasteiger partial charge is 0.0437 e. The number of anilines is 1. The molecule has 19 heavy (non-hydrogen) atoms. The Balaban J connectivity index is 2.90. The highest BCUT2D eigenvalue weighted by molar-refractivity contribution is 5.49. The number of nitrogens with one attached hydrogen (secondary N) is 1. The summed E-state index contributed by atoms with van der Waals surface area (Å²) in [5.41, 5.74) is 2.67. The van der Waals surface area contributed by atoms with Crippen LogP contribution in [0.1, 0.15) is 40.2 Å². The topological polar surface area (TPSA) is 15.3 Å². The molecule has 0 bridgehead atoms. The number of hydrogen-bond donors (Lipinski definition) is 1. The lowest BCUT2D eigenvalue weighted by Gasteiger charge is -2.36. The minimum atomic E-state index is 0.536. The summed E-state index contributed by atoms with van der Waals surface area (Å²) >= 11 is 0. The molecule has 1 atom stereocenters. The number of aryl methyl sites for hydroxylation is 1. The maximum Gasteiger partial charge on any atom is 0.0437 e. The summed E-state index contributed by atoms with van der Waals surface area (Å²) in [5, 5.41) is 3.58. The molecule has 0 aliphatic rings. The average molecular weight is 262 g/mol. The third-order valence-electron chi connectivity index (χ3n) is 3.58. The fourth-order valence-corrected chi connectivity index (χ4v) is 2.48. The van der Waals surface area contributed by atoms with Gasteiger partial charge in [0.1, 0.15) is 0 Å². The van der Waals surface area contributed by atoms with E-state index in [4.69, 9.17) is 0 Å². The number of hydrogen-bond acceptors (Lipinski definition) is 2. The number of nitrogens with zero attached hydrogens (tertiary/aromatic N) is 1. The molecule has 0 saturated heterocycles. The van der Waals surface area contributed by atoms with Crippen molar-refractivity contribution in [3.8, 4) is 0 Å². The van der Waals surface area contributed by atoms with Gasteiger partial charge in [0.25, 0.3) is 0 Å². The summed E-state index contributed by atoms with van der Waals surface area (Å²) in [5.74, 6) is 0.631. The van der Waals surface area contributed by atoms with Gasteiger partial charge in [0.05, 0.1) is 0 Å². The summed E-state index contributed by atoms with van der Waals surface area (Å²) in [4.78, 5) is 2.52. The van der Waals surface area contributed by atoms with Gasteiger partial charge in [-0.1, -0.05) is 39.8 Å². The van der Waals surface area contributed by atoms with Gasteiger partial charge >= 0.3 is 0 Å². The van der Waals surface area contributed by atoms with Gasteiger partial charge in [0.15, 0.2) is 0 Å². The zero-order valence-electron chi connectivity index (χ0n) is 13.4. The SMILES string of the molecule is CCN(c1cccc(C)c1)C(CNC(C)C)C(C)C. The molecule has 1 unspecified atom stereocenters. The summed E-state index contributed by atoms with van der Waals surface area (Å²) in [6, 6.07) is 9.90. The van der Waals surface area contributed by atoms with Crippen LogP contribution in [0, 0.1) is 12.8 Å². The Kier molecular flexibility index (Phi) is 6.36. The van der Waals surface area contributed by atoms with Crippen molar-refractivity contribution in [2.24, 2.45) is 5.92 Å². The molecule has 0 heterocycles. The van der Waals surface area contributed by atoms with Crippen molar-refractivity contribution in [1.29, 1.82) is 0 Å². The summed E-state index contributed by atoms with van der Waals surface area (Å²) in [6.45, 7) is 15.5. The van der Waals surface area contributed by atoms with Gasteiger partial charge < -0.3 is 10.2 Å². The molecule has 0 saturated carbocycles. The minimum absolute atomic E-state index is 0.536. The van der Waals surface area contributed by atoms with Crippen LogP contribution in [0.25, 0.3) is 0 Å². The van der Waals surface area contributed by atoms with E-state index in [1.807, 2.05) is 0 Å². The molecule has 2 nitrogen and oxygen atoms in total. The molecule has 108 valence electrons. The van der Waals surface area contributed by atoms with Crippen LogP contribution >= 0.6 is 0 Å². The lowest BCUT2D eigenvalue weighted by molar-refractivity contribution is 0.414. The molecule has 0 aromatic heterocycles. The first-order chi connectivity index (χ1) is 8.95. The Labute approximate surface area is 119 Å². The Morgan fingerprint density at radius 3 is 2.32 bits per heavy atom.